The third-order valence-corrected chi connectivity index (χ3v) is 9.95. The fourth-order valence-electron chi connectivity index (χ4n) is 6.72. The van der Waals surface area contributed by atoms with Crippen molar-refractivity contribution in [1.82, 2.24) is 40.7 Å². The van der Waals surface area contributed by atoms with Crippen LogP contribution in [0.15, 0.2) is 54.9 Å². The second kappa shape index (κ2) is 23.7. The SMILES string of the molecule is CCOc1cc(F)c(Cn2nc(-c3ncc(OCCCOC(=O)[C@H](C)NC(=O)[C@@H](CCCCNC(=O)OC(C)(C)C)NC(=O)OC(C)(C)C)c(Nc4cc(C)ncc4C)n3)c3ccccc32)c(F)c1. The molecule has 0 aliphatic rings. The predicted molar refractivity (Wildman–Crippen MR) is 254 cm³/mol. The van der Waals surface area contributed by atoms with Crippen molar-refractivity contribution < 1.29 is 51.6 Å². The molecular weight excluding hydrogens is 897 g/mol. The highest BCUT2D eigenvalue weighted by Crippen LogP contribution is 2.33. The first-order chi connectivity index (χ1) is 32.6. The summed E-state index contributed by atoms with van der Waals surface area (Å²) in [6.45, 7) is 17.6. The summed E-state index contributed by atoms with van der Waals surface area (Å²) in [5.74, 6) is -2.00. The number of nitrogens with zero attached hydrogens (tertiary/aromatic N) is 5. The second-order valence-electron chi connectivity index (χ2n) is 18.2. The van der Waals surface area contributed by atoms with E-state index in [1.807, 2.05) is 32.0 Å². The molecule has 0 aliphatic heterocycles. The van der Waals surface area contributed by atoms with Crippen LogP contribution in [0.1, 0.15) is 97.9 Å². The highest BCUT2D eigenvalue weighted by atomic mass is 19.1. The molecule has 18 nitrogen and oxygen atoms in total. The van der Waals surface area contributed by atoms with Crippen molar-refractivity contribution in [1.29, 1.82) is 0 Å². The molecule has 0 aliphatic carbocycles. The van der Waals surface area contributed by atoms with Crippen LogP contribution in [0.2, 0.25) is 0 Å². The molecule has 3 aromatic heterocycles. The van der Waals surface area contributed by atoms with Gasteiger partial charge in [-0.15, -0.1) is 0 Å². The largest absolute Gasteiger partial charge is 0.494 e. The zero-order valence-electron chi connectivity index (χ0n) is 40.9. The molecule has 3 amide bonds. The van der Waals surface area contributed by atoms with Gasteiger partial charge in [0.2, 0.25) is 5.91 Å². The van der Waals surface area contributed by atoms with E-state index < -0.39 is 59.0 Å². The Morgan fingerprint density at radius 2 is 1.52 bits per heavy atom. The van der Waals surface area contributed by atoms with E-state index in [9.17, 15) is 19.2 Å². The van der Waals surface area contributed by atoms with Gasteiger partial charge >= 0.3 is 18.2 Å². The zero-order chi connectivity index (χ0) is 50.5. The Labute approximate surface area is 400 Å². The number of alkyl carbamates (subject to hydrolysis) is 2. The first-order valence-corrected chi connectivity index (χ1v) is 22.8. The average Bonchev–Trinajstić information content (AvgIpc) is 3.62. The Balaban J connectivity index is 1.23. The number of nitrogens with one attached hydrogen (secondary N) is 4. The van der Waals surface area contributed by atoms with E-state index in [2.05, 4.69) is 31.2 Å². The zero-order valence-corrected chi connectivity index (χ0v) is 40.9. The molecule has 5 aromatic rings. The molecule has 2 atom stereocenters. The number of fused-ring (bicyclic) bond motifs is 1. The van der Waals surface area contributed by atoms with Crippen molar-refractivity contribution in [3.05, 3.63) is 83.3 Å². The lowest BCUT2D eigenvalue weighted by molar-refractivity contribution is -0.147. The number of unbranched alkanes of at least 4 members (excludes halogenated alkanes) is 1. The van der Waals surface area contributed by atoms with Crippen molar-refractivity contribution >= 4 is 46.5 Å². The summed E-state index contributed by atoms with van der Waals surface area (Å²) in [6.07, 6.45) is 3.19. The lowest BCUT2D eigenvalue weighted by Crippen LogP contribution is -2.51. The van der Waals surface area contributed by atoms with Gasteiger partial charge < -0.3 is 45.0 Å². The molecule has 2 aromatic carbocycles. The van der Waals surface area contributed by atoms with Gasteiger partial charge in [0.25, 0.3) is 0 Å². The van der Waals surface area contributed by atoms with Crippen molar-refractivity contribution in [3.63, 3.8) is 0 Å². The van der Waals surface area contributed by atoms with Gasteiger partial charge in [-0.25, -0.2) is 33.1 Å². The minimum Gasteiger partial charge on any atom is -0.494 e. The quantitative estimate of drug-likeness (QED) is 0.0309. The monoisotopic (exact) mass is 959 g/mol. The van der Waals surface area contributed by atoms with Gasteiger partial charge in [-0.3, -0.25) is 14.5 Å². The topological polar surface area (TPSA) is 219 Å². The molecule has 0 saturated carbocycles. The van der Waals surface area contributed by atoms with Crippen molar-refractivity contribution in [3.8, 4) is 23.0 Å². The number of carbonyl (C=O) groups excluding carboxylic acids is 4. The van der Waals surface area contributed by atoms with Crippen LogP contribution in [0.3, 0.4) is 0 Å². The smallest absolute Gasteiger partial charge is 0.408 e. The van der Waals surface area contributed by atoms with Crippen LogP contribution in [0.5, 0.6) is 11.5 Å². The molecule has 0 radical (unpaired) electrons. The fourth-order valence-corrected chi connectivity index (χ4v) is 6.72. The van der Waals surface area contributed by atoms with E-state index in [1.165, 1.54) is 17.8 Å². The molecule has 5 rings (SSSR count). The molecule has 0 spiro atoms. The van der Waals surface area contributed by atoms with E-state index >= 15 is 8.78 Å². The van der Waals surface area contributed by atoms with Crippen molar-refractivity contribution in [2.45, 2.75) is 125 Å². The highest BCUT2D eigenvalue weighted by Gasteiger charge is 2.28. The van der Waals surface area contributed by atoms with Crippen LogP contribution in [-0.2, 0) is 30.3 Å². The number of esters is 1. The van der Waals surface area contributed by atoms with Gasteiger partial charge in [0, 0.05) is 53.6 Å². The van der Waals surface area contributed by atoms with Gasteiger partial charge in [0.15, 0.2) is 17.4 Å². The Morgan fingerprint density at radius 1 is 0.826 bits per heavy atom. The number of para-hydroxylation sites is 1. The molecule has 372 valence electrons. The van der Waals surface area contributed by atoms with Gasteiger partial charge in [0.05, 0.1) is 38.1 Å². The average molecular weight is 960 g/mol. The summed E-state index contributed by atoms with van der Waals surface area (Å²) in [7, 11) is 0. The lowest BCUT2D eigenvalue weighted by atomic mass is 10.1. The fraction of sp³-hybridized carbons (Fsp3) is 0.469. The van der Waals surface area contributed by atoms with E-state index in [-0.39, 0.29) is 74.5 Å². The van der Waals surface area contributed by atoms with Gasteiger partial charge in [0.1, 0.15) is 46.4 Å². The molecule has 0 bridgehead atoms. The normalized spacial score (nSPS) is 12.4. The maximum absolute atomic E-state index is 15.2. The van der Waals surface area contributed by atoms with E-state index in [0.717, 1.165) is 23.4 Å². The number of ether oxygens (including phenoxy) is 5. The first kappa shape index (κ1) is 52.8. The summed E-state index contributed by atoms with van der Waals surface area (Å²) in [5.41, 5.74) is 1.60. The van der Waals surface area contributed by atoms with Gasteiger partial charge in [-0.1, -0.05) is 18.2 Å². The first-order valence-electron chi connectivity index (χ1n) is 22.8. The Kier molecular flexibility index (Phi) is 18.2. The minimum atomic E-state index is -1.07. The van der Waals surface area contributed by atoms with Crippen LogP contribution in [0, 0.1) is 25.5 Å². The number of hydrogen-bond acceptors (Lipinski definition) is 14. The number of anilines is 2. The van der Waals surface area contributed by atoms with Crippen LogP contribution in [0.4, 0.5) is 29.9 Å². The number of carbonyl (C=O) groups is 4. The van der Waals surface area contributed by atoms with E-state index in [0.29, 0.717) is 35.1 Å². The minimum absolute atomic E-state index is 0.0629. The van der Waals surface area contributed by atoms with Gasteiger partial charge in [-0.2, -0.15) is 5.10 Å². The van der Waals surface area contributed by atoms with Crippen LogP contribution in [0.25, 0.3) is 22.4 Å². The molecule has 20 heteroatoms. The molecule has 69 heavy (non-hydrogen) atoms. The maximum atomic E-state index is 15.2. The molecule has 0 fully saturated rings. The van der Waals surface area contributed by atoms with E-state index in [1.54, 1.807) is 66.8 Å². The number of amides is 3. The second-order valence-corrected chi connectivity index (χ2v) is 18.2. The van der Waals surface area contributed by atoms with Crippen molar-refractivity contribution in [2.24, 2.45) is 0 Å². The number of rotatable bonds is 21. The molecule has 0 unspecified atom stereocenters. The highest BCUT2D eigenvalue weighted by molar-refractivity contribution is 5.92. The van der Waals surface area contributed by atoms with E-state index in [4.69, 9.17) is 33.8 Å². The lowest BCUT2D eigenvalue weighted by Gasteiger charge is -2.24. The molecule has 3 heterocycles. The van der Waals surface area contributed by atoms with Gasteiger partial charge in [-0.05, 0) is 106 Å². The number of aromatic nitrogens is 5. The summed E-state index contributed by atoms with van der Waals surface area (Å²) in [5, 5.41) is 16.6. The third kappa shape index (κ3) is 16.0. The number of pyridine rings is 1. The number of hydrogen-bond donors (Lipinski definition) is 4. The third-order valence-electron chi connectivity index (χ3n) is 9.95. The summed E-state index contributed by atoms with van der Waals surface area (Å²) in [4.78, 5) is 64.9. The Morgan fingerprint density at radius 3 is 2.22 bits per heavy atom. The Bertz CT molecular complexity index is 2570. The van der Waals surface area contributed by atoms with Crippen LogP contribution >= 0.6 is 0 Å². The molecular formula is C49H63F2N9O9. The predicted octanol–water partition coefficient (Wildman–Crippen LogP) is 8.38. The summed E-state index contributed by atoms with van der Waals surface area (Å²) in [6, 6.07) is 9.25. The number of aryl methyl sites for hydroxylation is 2. The molecule has 0 saturated heterocycles. The van der Waals surface area contributed by atoms with Crippen LogP contribution < -0.4 is 30.7 Å². The standard InChI is InChI=1S/C49H63F2N9O9/c1-11-65-32-24-35(50)34(36(51)25-32)28-60-39-19-13-12-17-33(39)41(59-60)43-54-27-40(42(58-43)56-38-23-30(3)53-26-29(38)2)66-21-16-22-67-45(62)31(4)55-44(61)37(57-47(64)69-49(8,9)10)18-14-15-20-52-46(63)68-48(5,6)7/h12-13,17,19,23-27,31,37H,11,14-16,18,20-22,28H2,1-10H3,(H,52,63)(H,55,61)(H,57,64)(H,53,54,56,58)/t31-,37+/m0/s1. The maximum Gasteiger partial charge on any atom is 0.408 e. The Hall–Kier alpha value is -7.12. The van der Waals surface area contributed by atoms with Crippen LogP contribution in [-0.4, -0.2) is 98.4 Å². The molecule has 4 N–H and O–H groups in total. The summed E-state index contributed by atoms with van der Waals surface area (Å²) < 4.78 is 59.4. The number of halogens is 2. The number of benzene rings is 2. The van der Waals surface area contributed by atoms with Crippen molar-refractivity contribution in [2.75, 3.05) is 31.7 Å². The summed E-state index contributed by atoms with van der Waals surface area (Å²) >= 11 is 0.